The quantitative estimate of drug-likeness (QED) is 0.279. The fourth-order valence-corrected chi connectivity index (χ4v) is 4.12. The molecule has 0 aromatic heterocycles. The number of alkyl halides is 1. The van der Waals surface area contributed by atoms with Crippen LogP contribution in [0.15, 0.2) is 60.7 Å². The predicted molar refractivity (Wildman–Crippen MR) is 117 cm³/mol. The van der Waals surface area contributed by atoms with E-state index in [9.17, 15) is 9.59 Å². The van der Waals surface area contributed by atoms with Gasteiger partial charge in [0.1, 0.15) is 0 Å². The summed E-state index contributed by atoms with van der Waals surface area (Å²) in [4.78, 5) is 25.3. The van der Waals surface area contributed by atoms with Crippen LogP contribution in [0.5, 0.6) is 0 Å². The summed E-state index contributed by atoms with van der Waals surface area (Å²) in [6.07, 6.45) is 1.51. The average Bonchev–Trinajstić information content (AvgIpc) is 3.09. The maximum Gasteiger partial charge on any atom is 0.193 e. The van der Waals surface area contributed by atoms with Gasteiger partial charge < -0.3 is 0 Å². The van der Waals surface area contributed by atoms with Gasteiger partial charge in [-0.05, 0) is 59.7 Å². The Hall–Kier alpha value is -2.52. The van der Waals surface area contributed by atoms with Crippen LogP contribution >= 0.6 is 15.9 Å². The van der Waals surface area contributed by atoms with Gasteiger partial charge in [-0.1, -0.05) is 71.4 Å². The zero-order chi connectivity index (χ0) is 19.8. The van der Waals surface area contributed by atoms with Crippen LogP contribution in [0.25, 0.3) is 11.1 Å². The molecule has 0 heterocycles. The van der Waals surface area contributed by atoms with E-state index in [2.05, 4.69) is 15.9 Å². The molecule has 0 saturated heterocycles. The summed E-state index contributed by atoms with van der Waals surface area (Å²) in [5.74, 6) is 0.175. The molecule has 4 rings (SSSR count). The Kier molecular flexibility index (Phi) is 5.03. The van der Waals surface area contributed by atoms with E-state index in [0.717, 1.165) is 51.8 Å². The molecule has 0 bridgehead atoms. The van der Waals surface area contributed by atoms with Crippen molar-refractivity contribution in [3.05, 3.63) is 94.0 Å². The molecule has 1 aliphatic carbocycles. The minimum absolute atomic E-state index is 0.0535. The Labute approximate surface area is 173 Å². The van der Waals surface area contributed by atoms with Crippen molar-refractivity contribution >= 4 is 27.5 Å². The summed E-state index contributed by atoms with van der Waals surface area (Å²) in [7, 11) is 0. The average molecular weight is 433 g/mol. The second-order valence-electron chi connectivity index (χ2n) is 7.30. The normalized spacial score (nSPS) is 13.0. The van der Waals surface area contributed by atoms with Crippen LogP contribution in [0.2, 0.25) is 0 Å². The first-order valence-electron chi connectivity index (χ1n) is 9.54. The van der Waals surface area contributed by atoms with Gasteiger partial charge in [0.25, 0.3) is 0 Å². The number of hydrogen-bond donors (Lipinski definition) is 0. The largest absolute Gasteiger partial charge is 0.293 e. The number of fused-ring (bicyclic) bond motifs is 3. The number of Topliss-reactive ketones (excluding diaryl/α,β-unsaturated/α-hetero) is 1. The molecule has 0 fully saturated rings. The molecule has 1 aliphatic rings. The van der Waals surface area contributed by atoms with Crippen LogP contribution in [0.4, 0.5) is 0 Å². The zero-order valence-electron chi connectivity index (χ0n) is 16.0. The van der Waals surface area contributed by atoms with Crippen LogP contribution in [0.1, 0.15) is 56.3 Å². The molecule has 1 unspecified atom stereocenters. The fourth-order valence-electron chi connectivity index (χ4n) is 3.85. The SMILES string of the molecule is CCC(Br)C(=O)c1ccc2c(c1)Cc1cc(C(=O)c3ccccc3C)ccc1-2. The second-order valence-corrected chi connectivity index (χ2v) is 8.41. The van der Waals surface area contributed by atoms with Gasteiger partial charge in [-0.3, -0.25) is 9.59 Å². The summed E-state index contributed by atoms with van der Waals surface area (Å²) >= 11 is 3.45. The number of rotatable bonds is 5. The maximum atomic E-state index is 12.9. The van der Waals surface area contributed by atoms with Crippen LogP contribution in [0.3, 0.4) is 0 Å². The van der Waals surface area contributed by atoms with Crippen molar-refractivity contribution in [3.8, 4) is 11.1 Å². The molecule has 0 N–H and O–H groups in total. The summed E-state index contributed by atoms with van der Waals surface area (Å²) in [5, 5.41) is 0. The number of benzene rings is 3. The molecule has 0 amide bonds. The van der Waals surface area contributed by atoms with E-state index in [1.54, 1.807) is 0 Å². The molecule has 0 saturated carbocycles. The van der Waals surface area contributed by atoms with Crippen LogP contribution < -0.4 is 0 Å². The van der Waals surface area contributed by atoms with E-state index in [1.807, 2.05) is 74.5 Å². The van der Waals surface area contributed by atoms with E-state index in [0.29, 0.717) is 5.56 Å². The number of hydrogen-bond acceptors (Lipinski definition) is 2. The number of carbonyl (C=O) groups excluding carboxylic acids is 2. The second kappa shape index (κ2) is 7.48. The first-order valence-corrected chi connectivity index (χ1v) is 10.5. The van der Waals surface area contributed by atoms with Crippen molar-refractivity contribution in [2.75, 3.05) is 0 Å². The molecule has 28 heavy (non-hydrogen) atoms. The van der Waals surface area contributed by atoms with Gasteiger partial charge in [-0.2, -0.15) is 0 Å². The highest BCUT2D eigenvalue weighted by Gasteiger charge is 2.23. The number of halogens is 1. The Bertz CT molecular complexity index is 1100. The van der Waals surface area contributed by atoms with Crippen molar-refractivity contribution < 1.29 is 9.59 Å². The van der Waals surface area contributed by atoms with Gasteiger partial charge in [-0.25, -0.2) is 0 Å². The Balaban J connectivity index is 1.66. The predicted octanol–water partition coefficient (Wildman–Crippen LogP) is 6.15. The molecule has 0 spiro atoms. The summed E-state index contributed by atoms with van der Waals surface area (Å²) in [6.45, 7) is 3.95. The topological polar surface area (TPSA) is 34.1 Å². The summed E-state index contributed by atoms with van der Waals surface area (Å²) < 4.78 is 0. The highest BCUT2D eigenvalue weighted by Crippen LogP contribution is 2.38. The lowest BCUT2D eigenvalue weighted by molar-refractivity contribution is 0.0989. The number of aryl methyl sites for hydroxylation is 1. The van der Waals surface area contributed by atoms with Gasteiger partial charge >= 0.3 is 0 Å². The van der Waals surface area contributed by atoms with E-state index < -0.39 is 0 Å². The van der Waals surface area contributed by atoms with Crippen LogP contribution in [0, 0.1) is 6.92 Å². The zero-order valence-corrected chi connectivity index (χ0v) is 17.5. The molecule has 2 nitrogen and oxygen atoms in total. The lowest BCUT2D eigenvalue weighted by atomic mass is 9.96. The minimum Gasteiger partial charge on any atom is -0.293 e. The van der Waals surface area contributed by atoms with Crippen molar-refractivity contribution in [1.29, 1.82) is 0 Å². The highest BCUT2D eigenvalue weighted by atomic mass is 79.9. The first-order chi connectivity index (χ1) is 13.5. The van der Waals surface area contributed by atoms with Crippen LogP contribution in [-0.4, -0.2) is 16.4 Å². The molecule has 3 aromatic rings. The van der Waals surface area contributed by atoms with E-state index in [4.69, 9.17) is 0 Å². The third kappa shape index (κ3) is 3.24. The van der Waals surface area contributed by atoms with E-state index in [-0.39, 0.29) is 16.4 Å². The molecule has 3 aromatic carbocycles. The third-order valence-corrected chi connectivity index (χ3v) is 6.52. The van der Waals surface area contributed by atoms with Crippen molar-refractivity contribution in [2.45, 2.75) is 31.5 Å². The lowest BCUT2D eigenvalue weighted by Crippen LogP contribution is -2.13. The van der Waals surface area contributed by atoms with Crippen molar-refractivity contribution in [2.24, 2.45) is 0 Å². The van der Waals surface area contributed by atoms with Gasteiger partial charge in [0.05, 0.1) is 4.83 Å². The van der Waals surface area contributed by atoms with Crippen molar-refractivity contribution in [1.82, 2.24) is 0 Å². The van der Waals surface area contributed by atoms with Gasteiger partial charge in [-0.15, -0.1) is 0 Å². The molecule has 3 heteroatoms. The third-order valence-electron chi connectivity index (χ3n) is 5.46. The highest BCUT2D eigenvalue weighted by molar-refractivity contribution is 9.10. The van der Waals surface area contributed by atoms with Gasteiger partial charge in [0.2, 0.25) is 0 Å². The number of carbonyl (C=O) groups is 2. The van der Waals surface area contributed by atoms with Crippen LogP contribution in [-0.2, 0) is 6.42 Å². The summed E-state index contributed by atoms with van der Waals surface area (Å²) in [5.41, 5.74) is 7.79. The molecule has 0 radical (unpaired) electrons. The van der Waals surface area contributed by atoms with Crippen molar-refractivity contribution in [3.63, 3.8) is 0 Å². The first kappa shape index (κ1) is 18.8. The Morgan fingerprint density at radius 3 is 2.18 bits per heavy atom. The van der Waals surface area contributed by atoms with Gasteiger partial charge in [0.15, 0.2) is 11.6 Å². The lowest BCUT2D eigenvalue weighted by Gasteiger charge is -2.08. The smallest absolute Gasteiger partial charge is 0.193 e. The molecular formula is C25H21BrO2. The minimum atomic E-state index is -0.146. The Morgan fingerprint density at radius 2 is 1.54 bits per heavy atom. The Morgan fingerprint density at radius 1 is 0.929 bits per heavy atom. The van der Waals surface area contributed by atoms with E-state index >= 15 is 0 Å². The maximum absolute atomic E-state index is 12.9. The number of ketones is 2. The summed E-state index contributed by atoms with van der Waals surface area (Å²) in [6, 6.07) is 19.6. The fraction of sp³-hybridized carbons (Fsp3) is 0.200. The molecule has 140 valence electrons. The standard InChI is InChI=1S/C25H21BrO2/c1-3-23(26)25(28)17-9-11-22-19(13-17)14-18-12-16(8-10-21(18)22)24(27)20-7-5-4-6-15(20)2/h4-13,23H,3,14H2,1-2H3. The molecule has 0 aliphatic heterocycles. The van der Waals surface area contributed by atoms with Gasteiger partial charge in [0, 0.05) is 16.7 Å². The van der Waals surface area contributed by atoms with E-state index in [1.165, 1.54) is 0 Å². The molecular weight excluding hydrogens is 412 g/mol. The monoisotopic (exact) mass is 432 g/mol. The molecule has 1 atom stereocenters.